The maximum Gasteiger partial charge on any atom is 0.300 e. The highest BCUT2D eigenvalue weighted by Crippen LogP contribution is 2.30. The van der Waals surface area contributed by atoms with Crippen molar-refractivity contribution >= 4 is 46.9 Å². The summed E-state index contributed by atoms with van der Waals surface area (Å²) < 4.78 is 0. The van der Waals surface area contributed by atoms with Crippen LogP contribution >= 0.6 is 23.2 Å². The van der Waals surface area contributed by atoms with Gasteiger partial charge in [0.25, 0.3) is 5.97 Å². The molecule has 0 aliphatic carbocycles. The maximum atomic E-state index is 14.3. The van der Waals surface area contributed by atoms with Gasteiger partial charge in [0.2, 0.25) is 17.7 Å². The number of carbonyl (C=O) groups excluding carboxylic acids is 3. The monoisotopic (exact) mass is 614 g/mol. The second kappa shape index (κ2) is 17.1. The molecule has 3 aromatic carbocycles. The van der Waals surface area contributed by atoms with Crippen LogP contribution in [0, 0.1) is 0 Å². The zero-order valence-corrected chi connectivity index (χ0v) is 24.9. The van der Waals surface area contributed by atoms with Gasteiger partial charge >= 0.3 is 0 Å². The number of carboxylic acids is 1. The molecule has 0 saturated heterocycles. The zero-order chi connectivity index (χ0) is 31.2. The summed E-state index contributed by atoms with van der Waals surface area (Å²) in [5, 5.41) is 8.51. The van der Waals surface area contributed by atoms with E-state index in [1.807, 2.05) is 24.3 Å². The third-order valence-corrected chi connectivity index (χ3v) is 6.87. The zero-order valence-electron chi connectivity index (χ0n) is 23.3. The van der Waals surface area contributed by atoms with E-state index < -0.39 is 29.7 Å². The summed E-state index contributed by atoms with van der Waals surface area (Å²) in [7, 11) is 0. The Morgan fingerprint density at radius 2 is 1.26 bits per heavy atom. The first-order valence-corrected chi connectivity index (χ1v) is 14.0. The minimum Gasteiger partial charge on any atom is -0.481 e. The molecule has 224 valence electrons. The Hall–Kier alpha value is -3.92. The molecule has 11 heteroatoms. The van der Waals surface area contributed by atoms with Crippen molar-refractivity contribution in [1.82, 2.24) is 4.90 Å². The Labute approximate surface area is 255 Å². The van der Waals surface area contributed by atoms with Gasteiger partial charge in [0.1, 0.15) is 6.04 Å². The third kappa shape index (κ3) is 11.2. The van der Waals surface area contributed by atoms with E-state index in [4.69, 9.17) is 50.3 Å². The van der Waals surface area contributed by atoms with Crippen LogP contribution in [0.5, 0.6) is 0 Å². The molecular formula is C31H36Cl2N4O5. The summed E-state index contributed by atoms with van der Waals surface area (Å²) >= 11 is 12.2. The molecule has 1 atom stereocenters. The molecule has 3 aromatic rings. The van der Waals surface area contributed by atoms with Crippen LogP contribution in [0.15, 0.2) is 72.8 Å². The van der Waals surface area contributed by atoms with Crippen LogP contribution in [0.1, 0.15) is 47.9 Å². The van der Waals surface area contributed by atoms with E-state index in [1.54, 1.807) is 53.4 Å². The van der Waals surface area contributed by atoms with Gasteiger partial charge in [0, 0.05) is 23.5 Å². The number of hydrogen-bond donors (Lipinski definition) is 4. The van der Waals surface area contributed by atoms with E-state index in [-0.39, 0.29) is 18.9 Å². The van der Waals surface area contributed by atoms with E-state index in [1.165, 1.54) is 0 Å². The molecule has 42 heavy (non-hydrogen) atoms. The molecule has 0 bridgehead atoms. The second-order valence-electron chi connectivity index (χ2n) is 9.65. The van der Waals surface area contributed by atoms with Crippen molar-refractivity contribution in [3.05, 3.63) is 105 Å². The van der Waals surface area contributed by atoms with Gasteiger partial charge in [-0.1, -0.05) is 71.7 Å². The van der Waals surface area contributed by atoms with Crippen LogP contribution < -0.4 is 17.2 Å². The van der Waals surface area contributed by atoms with Crippen molar-refractivity contribution in [1.29, 1.82) is 0 Å². The van der Waals surface area contributed by atoms with E-state index in [9.17, 15) is 14.4 Å². The molecule has 0 heterocycles. The highest BCUT2D eigenvalue weighted by atomic mass is 35.5. The number of carboxylic acid groups (broad SMARTS) is 1. The number of halogens is 2. The lowest BCUT2D eigenvalue weighted by Gasteiger charge is -2.33. The summed E-state index contributed by atoms with van der Waals surface area (Å²) in [5.74, 6) is -2.80. The molecule has 0 fully saturated rings. The lowest BCUT2D eigenvalue weighted by atomic mass is 9.89. The van der Waals surface area contributed by atoms with Gasteiger partial charge < -0.3 is 27.2 Å². The first-order valence-electron chi connectivity index (χ1n) is 13.3. The van der Waals surface area contributed by atoms with Gasteiger partial charge in [0.05, 0.1) is 12.3 Å². The van der Waals surface area contributed by atoms with Gasteiger partial charge in [-0.3, -0.25) is 19.2 Å². The Balaban J connectivity index is 0.00000144. The standard InChI is InChI=1S/C29H32Cl2N4O3.C2H4O2/c30-23-11-7-21(8-12-23)27(22-9-13-24(31)14-10-22)29(38)35(25(28(34)37)2-1-16-32)17-15-19-3-5-20(6-4-19)18-26(33)36;1-2(3)4/h3-14,25,27H,1-2,15-18,32H2,(H2,33,36)(H2,34,37);1H3,(H,3,4)/t25-;/m1./s1. The number of nitrogens with zero attached hydrogens (tertiary/aromatic N) is 1. The summed E-state index contributed by atoms with van der Waals surface area (Å²) in [6, 6.07) is 20.7. The molecule has 0 unspecified atom stereocenters. The van der Waals surface area contributed by atoms with Crippen LogP contribution in [0.2, 0.25) is 10.0 Å². The highest BCUT2D eigenvalue weighted by Gasteiger charge is 2.34. The van der Waals surface area contributed by atoms with Crippen molar-refractivity contribution in [2.24, 2.45) is 17.2 Å². The van der Waals surface area contributed by atoms with E-state index in [2.05, 4.69) is 0 Å². The molecule has 3 amide bonds. The molecule has 0 spiro atoms. The molecular weight excluding hydrogens is 579 g/mol. The first-order chi connectivity index (χ1) is 19.9. The van der Waals surface area contributed by atoms with Crippen LogP contribution in [-0.2, 0) is 32.0 Å². The van der Waals surface area contributed by atoms with Gasteiger partial charge in [0.15, 0.2) is 0 Å². The molecule has 0 aromatic heterocycles. The minimum atomic E-state index is -0.833. The number of benzene rings is 3. The van der Waals surface area contributed by atoms with Crippen LogP contribution in [0.4, 0.5) is 0 Å². The molecule has 0 aliphatic heterocycles. The fourth-order valence-corrected chi connectivity index (χ4v) is 4.66. The van der Waals surface area contributed by atoms with Gasteiger partial charge in [-0.25, -0.2) is 0 Å². The lowest BCUT2D eigenvalue weighted by molar-refractivity contribution is -0.140. The number of carbonyl (C=O) groups is 4. The average Bonchev–Trinajstić information content (AvgIpc) is 2.92. The number of nitrogens with two attached hydrogens (primary N) is 3. The van der Waals surface area contributed by atoms with E-state index in [0.29, 0.717) is 35.9 Å². The van der Waals surface area contributed by atoms with E-state index >= 15 is 0 Å². The first kappa shape index (κ1) is 34.3. The highest BCUT2D eigenvalue weighted by molar-refractivity contribution is 6.30. The number of amides is 3. The van der Waals surface area contributed by atoms with Crippen molar-refractivity contribution < 1.29 is 24.3 Å². The topological polar surface area (TPSA) is 170 Å². The number of hydrogen-bond acceptors (Lipinski definition) is 5. The van der Waals surface area contributed by atoms with Gasteiger partial charge in [-0.15, -0.1) is 0 Å². The lowest BCUT2D eigenvalue weighted by Crippen LogP contribution is -2.50. The molecule has 0 aliphatic rings. The summed E-state index contributed by atoms with van der Waals surface area (Å²) in [5.41, 5.74) is 20.0. The molecule has 3 rings (SSSR count). The Kier molecular flexibility index (Phi) is 14.0. The Bertz CT molecular complexity index is 1280. The summed E-state index contributed by atoms with van der Waals surface area (Å²) in [6.45, 7) is 1.70. The number of primary amides is 2. The van der Waals surface area contributed by atoms with Gasteiger partial charge in [-0.2, -0.15) is 0 Å². The molecule has 0 saturated carbocycles. The quantitative estimate of drug-likeness (QED) is 0.227. The molecule has 9 nitrogen and oxygen atoms in total. The van der Waals surface area contributed by atoms with Crippen molar-refractivity contribution in [3.8, 4) is 0 Å². The average molecular weight is 616 g/mol. The normalized spacial score (nSPS) is 11.3. The SMILES string of the molecule is CC(=O)O.NCCC[C@H](C(N)=O)N(CCc1ccc(CC(N)=O)cc1)C(=O)C(c1ccc(Cl)cc1)c1ccc(Cl)cc1. The van der Waals surface area contributed by atoms with Crippen molar-refractivity contribution in [2.75, 3.05) is 13.1 Å². The maximum absolute atomic E-state index is 14.3. The predicted molar refractivity (Wildman–Crippen MR) is 164 cm³/mol. The van der Waals surface area contributed by atoms with Crippen LogP contribution in [0.25, 0.3) is 0 Å². The number of rotatable bonds is 13. The van der Waals surface area contributed by atoms with Crippen LogP contribution in [0.3, 0.4) is 0 Å². The van der Waals surface area contributed by atoms with Crippen LogP contribution in [-0.4, -0.2) is 52.8 Å². The molecule has 7 N–H and O–H groups in total. The molecule has 0 radical (unpaired) electrons. The van der Waals surface area contributed by atoms with Crippen molar-refractivity contribution in [2.45, 2.75) is 44.6 Å². The van der Waals surface area contributed by atoms with Gasteiger partial charge in [-0.05, 0) is 72.3 Å². The van der Waals surface area contributed by atoms with Crippen molar-refractivity contribution in [3.63, 3.8) is 0 Å². The fraction of sp³-hybridized carbons (Fsp3) is 0.290. The number of aliphatic carboxylic acids is 1. The second-order valence-corrected chi connectivity index (χ2v) is 10.5. The largest absolute Gasteiger partial charge is 0.481 e. The minimum absolute atomic E-state index is 0.150. The summed E-state index contributed by atoms with van der Waals surface area (Å²) in [4.78, 5) is 48.7. The smallest absolute Gasteiger partial charge is 0.300 e. The van der Waals surface area contributed by atoms with E-state index in [0.717, 1.165) is 29.2 Å². The fourth-order valence-electron chi connectivity index (χ4n) is 4.41. The Morgan fingerprint density at radius 3 is 1.67 bits per heavy atom. The predicted octanol–water partition coefficient (Wildman–Crippen LogP) is 3.91. The third-order valence-electron chi connectivity index (χ3n) is 6.37. The Morgan fingerprint density at radius 1 is 0.810 bits per heavy atom. The summed E-state index contributed by atoms with van der Waals surface area (Å²) in [6.07, 6.45) is 1.51.